The molecule has 14 heteroatoms. The summed E-state index contributed by atoms with van der Waals surface area (Å²) in [7, 11) is 0. The fraction of sp³-hybridized carbons (Fsp3) is 0.620. The number of nitrogens with one attached hydrogen (secondary N) is 3. The first-order chi connectivity index (χ1) is 30.4. The minimum atomic E-state index is -1.19. The Morgan fingerprint density at radius 2 is 1.03 bits per heavy atom. The minimum Gasteiger partial charge on any atom is -0.480 e. The van der Waals surface area contributed by atoms with Crippen LogP contribution >= 0.6 is 0 Å². The van der Waals surface area contributed by atoms with E-state index < -0.39 is 53.7 Å². The van der Waals surface area contributed by atoms with Crippen LogP contribution in [0.2, 0.25) is 0 Å². The summed E-state index contributed by atoms with van der Waals surface area (Å²) in [5.74, 6) is -5.09. The number of benzene rings is 2. The zero-order valence-electron chi connectivity index (χ0n) is 39.0. The summed E-state index contributed by atoms with van der Waals surface area (Å²) < 4.78 is 0. The van der Waals surface area contributed by atoms with E-state index in [9.17, 15) is 38.7 Å². The first kappa shape index (κ1) is 55.3. The van der Waals surface area contributed by atoms with E-state index >= 15 is 0 Å². The Kier molecular flexibility index (Phi) is 26.3. The molecule has 0 saturated carbocycles. The highest BCUT2D eigenvalue weighted by Gasteiger charge is 2.32. The van der Waals surface area contributed by atoms with Gasteiger partial charge in [-0.15, -0.1) is 0 Å². The number of Topliss-reactive ketones (excluding diaryl/α,β-unsaturated/α-hetero) is 3. The Labute approximate surface area is 381 Å². The molecule has 3 amide bonds. The van der Waals surface area contributed by atoms with Gasteiger partial charge < -0.3 is 38.3 Å². The molecule has 0 spiro atoms. The third kappa shape index (κ3) is 21.7. The van der Waals surface area contributed by atoms with Crippen molar-refractivity contribution < 1.29 is 38.7 Å². The van der Waals surface area contributed by atoms with Crippen molar-refractivity contribution >= 4 is 41.0 Å². The van der Waals surface area contributed by atoms with E-state index in [1.807, 2.05) is 95.3 Å². The van der Waals surface area contributed by atoms with Gasteiger partial charge in [0.2, 0.25) is 17.7 Å². The van der Waals surface area contributed by atoms with Crippen molar-refractivity contribution in [2.45, 2.75) is 143 Å². The zero-order valence-corrected chi connectivity index (χ0v) is 39.0. The van der Waals surface area contributed by atoms with Crippen molar-refractivity contribution in [3.8, 4) is 0 Å². The first-order valence-corrected chi connectivity index (χ1v) is 23.4. The molecule has 64 heavy (non-hydrogen) atoms. The van der Waals surface area contributed by atoms with Crippen LogP contribution in [0.25, 0.3) is 0 Å². The number of unbranched alkanes of at least 4 members (excludes halogenated alkanes) is 1. The maximum absolute atomic E-state index is 14.0. The van der Waals surface area contributed by atoms with Crippen LogP contribution in [0.5, 0.6) is 0 Å². The molecule has 2 aromatic carbocycles. The van der Waals surface area contributed by atoms with E-state index in [1.54, 1.807) is 0 Å². The maximum Gasteiger partial charge on any atom is 0.326 e. The molecule has 356 valence electrons. The highest BCUT2D eigenvalue weighted by molar-refractivity contribution is 5.95. The van der Waals surface area contributed by atoms with Gasteiger partial charge in [-0.1, -0.05) is 95.3 Å². The van der Waals surface area contributed by atoms with Gasteiger partial charge in [0.05, 0.1) is 12.1 Å². The van der Waals surface area contributed by atoms with Gasteiger partial charge >= 0.3 is 5.97 Å². The second kappa shape index (κ2) is 30.4. The maximum atomic E-state index is 14.0. The molecule has 14 nitrogen and oxygen atoms in total. The molecule has 0 saturated heterocycles. The number of carboxylic acid groups (broad SMARTS) is 1. The molecular weight excluding hydrogens is 813 g/mol. The van der Waals surface area contributed by atoms with Crippen LogP contribution in [0.3, 0.4) is 0 Å². The molecule has 7 atom stereocenters. The number of nitrogens with two attached hydrogens (primary N) is 3. The Balaban J connectivity index is 2.08. The highest BCUT2D eigenvalue weighted by Crippen LogP contribution is 2.22. The van der Waals surface area contributed by atoms with Crippen molar-refractivity contribution in [3.63, 3.8) is 0 Å². The number of amides is 3. The number of ketones is 3. The summed E-state index contributed by atoms with van der Waals surface area (Å²) in [4.78, 5) is 93.4. The van der Waals surface area contributed by atoms with E-state index in [1.165, 1.54) is 0 Å². The van der Waals surface area contributed by atoms with Crippen LogP contribution in [0, 0.1) is 35.5 Å². The number of hydrogen-bond acceptors (Lipinski definition) is 10. The van der Waals surface area contributed by atoms with Crippen LogP contribution in [0.1, 0.15) is 123 Å². The van der Waals surface area contributed by atoms with E-state index in [2.05, 4.69) is 16.0 Å². The van der Waals surface area contributed by atoms with Crippen LogP contribution in [-0.2, 0) is 46.4 Å². The first-order valence-electron chi connectivity index (χ1n) is 23.4. The standard InChI is InChI=1S/C50H78N6O8/c1-33(2)26-35(5)44(57)30-39(21-15-24-52)48(61)55-42(50(63)64)22-12-13-25-54-47(60)38(20-14-23-51)31-46(59)43(27-34(3)4)56-49(62)40(28-36-16-8-6-9-17-36)32-45(58)41(53)29-37-18-10-7-11-19-37/h6-11,16-19,33-35,38-43H,12-15,20-32,51-53H2,1-5H3,(H,54,60)(H,55,61)(H,56,62)(H,63,64)/t35-,38+,39+,40+,41-,42-,43-/m1/s1. The van der Waals surface area contributed by atoms with Gasteiger partial charge in [0.15, 0.2) is 11.6 Å². The molecule has 2 rings (SSSR count). The van der Waals surface area contributed by atoms with Gasteiger partial charge in [-0.05, 0) is 107 Å². The summed E-state index contributed by atoms with van der Waals surface area (Å²) in [6.07, 6.45) is 4.05. The predicted molar refractivity (Wildman–Crippen MR) is 251 cm³/mol. The summed E-state index contributed by atoms with van der Waals surface area (Å²) in [5, 5.41) is 18.4. The largest absolute Gasteiger partial charge is 0.480 e. The number of carboxylic acids is 1. The number of carbonyl (C=O) groups excluding carboxylic acids is 6. The van der Waals surface area contributed by atoms with E-state index in [0.717, 1.165) is 11.1 Å². The third-order valence-electron chi connectivity index (χ3n) is 11.6. The average Bonchev–Trinajstić information content (AvgIpc) is 3.25. The number of rotatable bonds is 34. The lowest BCUT2D eigenvalue weighted by atomic mass is 9.87. The molecule has 0 aliphatic heterocycles. The second-order valence-corrected chi connectivity index (χ2v) is 18.4. The van der Waals surface area contributed by atoms with Gasteiger partial charge in [0.1, 0.15) is 11.8 Å². The lowest BCUT2D eigenvalue weighted by Gasteiger charge is -2.25. The average molecular weight is 891 g/mol. The Bertz CT molecular complexity index is 1740. The van der Waals surface area contributed by atoms with Gasteiger partial charge in [-0.3, -0.25) is 28.8 Å². The molecule has 0 fully saturated rings. The summed E-state index contributed by atoms with van der Waals surface area (Å²) in [6, 6.07) is 15.9. The smallest absolute Gasteiger partial charge is 0.326 e. The number of hydrogen-bond donors (Lipinski definition) is 7. The van der Waals surface area contributed by atoms with Crippen LogP contribution in [-0.4, -0.2) is 83.9 Å². The van der Waals surface area contributed by atoms with Crippen molar-refractivity contribution in [3.05, 3.63) is 71.8 Å². The zero-order chi connectivity index (χ0) is 47.6. The quantitative estimate of drug-likeness (QED) is 0.0457. The van der Waals surface area contributed by atoms with Gasteiger partial charge in [0.25, 0.3) is 0 Å². The van der Waals surface area contributed by atoms with Crippen molar-refractivity contribution in [2.75, 3.05) is 19.6 Å². The molecule has 0 aromatic heterocycles. The molecular formula is C50H78N6O8. The SMILES string of the molecule is CC(C)C[C@@H](C)C(=O)C[C@H](CCCN)C(=O)N[C@H](CCCCNC(=O)[C@@H](CCCN)CC(=O)[C@@H](CC(C)C)NC(=O)[C@H](CC(=O)[C@H](N)Cc1ccccc1)Cc1ccccc1)C(=O)O. The van der Waals surface area contributed by atoms with E-state index in [4.69, 9.17) is 17.2 Å². The topological polar surface area (TPSA) is 254 Å². The van der Waals surface area contributed by atoms with Crippen LogP contribution in [0.15, 0.2) is 60.7 Å². The lowest BCUT2D eigenvalue weighted by Crippen LogP contribution is -2.47. The normalized spacial score (nSPS) is 14.7. The summed E-state index contributed by atoms with van der Waals surface area (Å²) in [5.41, 5.74) is 19.6. The van der Waals surface area contributed by atoms with Crippen LogP contribution < -0.4 is 33.2 Å². The Morgan fingerprint density at radius 3 is 1.56 bits per heavy atom. The van der Waals surface area contributed by atoms with Gasteiger partial charge in [-0.2, -0.15) is 0 Å². The van der Waals surface area contributed by atoms with Gasteiger partial charge in [-0.25, -0.2) is 4.79 Å². The molecule has 0 aliphatic carbocycles. The molecule has 0 unspecified atom stereocenters. The number of carbonyl (C=O) groups is 7. The van der Waals surface area contributed by atoms with Gasteiger partial charge in [0, 0.05) is 49.5 Å². The lowest BCUT2D eigenvalue weighted by molar-refractivity contribution is -0.143. The molecule has 10 N–H and O–H groups in total. The third-order valence-corrected chi connectivity index (χ3v) is 11.6. The van der Waals surface area contributed by atoms with Crippen molar-refractivity contribution in [1.82, 2.24) is 16.0 Å². The molecule has 0 aliphatic rings. The highest BCUT2D eigenvalue weighted by atomic mass is 16.4. The van der Waals surface area contributed by atoms with Crippen LogP contribution in [0.4, 0.5) is 0 Å². The monoisotopic (exact) mass is 891 g/mol. The minimum absolute atomic E-state index is 0.0243. The molecule has 0 radical (unpaired) electrons. The molecule has 2 aromatic rings. The second-order valence-electron chi connectivity index (χ2n) is 18.4. The molecule has 0 heterocycles. The number of aliphatic carboxylic acids is 1. The molecule has 0 bridgehead atoms. The van der Waals surface area contributed by atoms with Crippen molar-refractivity contribution in [1.29, 1.82) is 0 Å². The summed E-state index contributed by atoms with van der Waals surface area (Å²) >= 11 is 0. The fourth-order valence-corrected chi connectivity index (χ4v) is 7.99. The van der Waals surface area contributed by atoms with Crippen molar-refractivity contribution in [2.24, 2.45) is 52.7 Å². The fourth-order valence-electron chi connectivity index (χ4n) is 7.99. The summed E-state index contributed by atoms with van der Waals surface area (Å²) in [6.45, 7) is 10.7. The predicted octanol–water partition coefficient (Wildman–Crippen LogP) is 5.07. The van der Waals surface area contributed by atoms with E-state index in [-0.39, 0.29) is 73.7 Å². The Morgan fingerprint density at radius 1 is 0.547 bits per heavy atom. The Hall–Kier alpha value is -4.79. The van der Waals surface area contributed by atoms with E-state index in [0.29, 0.717) is 76.8 Å².